The highest BCUT2D eigenvalue weighted by Gasteiger charge is 2.62. The summed E-state index contributed by atoms with van der Waals surface area (Å²) in [7, 11) is 0. The lowest BCUT2D eigenvalue weighted by molar-refractivity contribution is -0.135. The number of hydrogen-bond donors (Lipinski definition) is 3. The van der Waals surface area contributed by atoms with Gasteiger partial charge in [-0.15, -0.1) is 0 Å². The Labute approximate surface area is 545 Å². The van der Waals surface area contributed by atoms with Gasteiger partial charge in [-0.05, 0) is 305 Å². The second-order valence-corrected chi connectivity index (χ2v) is 35.8. The smallest absolute Gasteiger partial charge is 0.150 e. The molecule has 510 valence electrons. The number of fused-ring (bicyclic) bond motifs is 15. The van der Waals surface area contributed by atoms with Gasteiger partial charge in [0.1, 0.15) is 18.2 Å². The topological polar surface area (TPSA) is 132 Å². The molecule has 15 fully saturated rings. The first-order valence-corrected chi connectivity index (χ1v) is 38.5. The first kappa shape index (κ1) is 67.2. The highest BCUT2D eigenvalue weighted by Crippen LogP contribution is 2.69. The second-order valence-electron chi connectivity index (χ2n) is 35.8. The Balaban J connectivity index is 0.000000124. The van der Waals surface area contributed by atoms with Crippen LogP contribution in [0.3, 0.4) is 0 Å². The molecule has 3 aliphatic heterocycles. The van der Waals surface area contributed by atoms with Crippen LogP contribution < -0.4 is 0 Å². The van der Waals surface area contributed by atoms with Crippen LogP contribution in [0.4, 0.5) is 4.39 Å². The minimum Gasteiger partial charge on any atom is -0.390 e. The van der Waals surface area contributed by atoms with Crippen LogP contribution in [0.5, 0.6) is 0 Å². The summed E-state index contributed by atoms with van der Waals surface area (Å²) in [6.07, 6.45) is 32.9. The van der Waals surface area contributed by atoms with Gasteiger partial charge >= 0.3 is 0 Å². The van der Waals surface area contributed by atoms with E-state index in [0.717, 1.165) is 213 Å². The molecule has 3 saturated heterocycles. The summed E-state index contributed by atoms with van der Waals surface area (Å²) in [5.74, 6) is 14.1. The molecule has 90 heavy (non-hydrogen) atoms. The van der Waals surface area contributed by atoms with Gasteiger partial charge in [-0.1, -0.05) is 39.8 Å². The number of hydrogen-bond acceptors (Lipinski definition) is 11. The Kier molecular flexibility index (Phi) is 20.3. The van der Waals surface area contributed by atoms with Crippen LogP contribution in [0.25, 0.3) is 0 Å². The Morgan fingerprint density at radius 3 is 1.36 bits per heavy atom. The molecule has 0 aromatic carbocycles. The van der Waals surface area contributed by atoms with E-state index in [0.29, 0.717) is 60.8 Å². The van der Waals surface area contributed by atoms with Gasteiger partial charge in [0.25, 0.3) is 0 Å². The first-order valence-electron chi connectivity index (χ1n) is 38.5. The van der Waals surface area contributed by atoms with Crippen molar-refractivity contribution in [3.05, 3.63) is 12.2 Å². The molecule has 25 atom stereocenters. The number of morpholine rings is 3. The normalized spacial score (nSPS) is 50.0. The molecule has 0 radical (unpaired) electrons. The number of nitrogens with zero attached hydrogens (tertiary/aromatic N) is 3. The van der Waals surface area contributed by atoms with E-state index < -0.39 is 17.9 Å². The first-order chi connectivity index (χ1) is 43.2. The number of carbonyl (C=O) groups is 2. The molecule has 0 aromatic heterocycles. The van der Waals surface area contributed by atoms with Gasteiger partial charge in [-0.25, -0.2) is 4.39 Å². The van der Waals surface area contributed by atoms with Crippen LogP contribution in [-0.2, 0) is 23.8 Å². The second kappa shape index (κ2) is 27.2. The molecule has 12 heteroatoms. The van der Waals surface area contributed by atoms with Crippen LogP contribution in [0, 0.1) is 123 Å². The van der Waals surface area contributed by atoms with Gasteiger partial charge in [0.2, 0.25) is 0 Å². The Hall–Kier alpha value is -1.35. The quantitative estimate of drug-likeness (QED) is 0.171. The highest BCUT2D eigenvalue weighted by atomic mass is 19.1. The van der Waals surface area contributed by atoms with Crippen molar-refractivity contribution < 1.29 is 43.5 Å². The summed E-state index contributed by atoms with van der Waals surface area (Å²) >= 11 is 0. The van der Waals surface area contributed by atoms with E-state index in [2.05, 4.69) is 62.8 Å². The van der Waals surface area contributed by atoms with Crippen molar-refractivity contribution in [1.82, 2.24) is 14.7 Å². The molecule has 15 rings (SSSR count). The minimum absolute atomic E-state index is 0.223. The maximum Gasteiger partial charge on any atom is 0.150 e. The summed E-state index contributed by atoms with van der Waals surface area (Å²) in [6, 6.07) is 0.363. The lowest BCUT2D eigenvalue weighted by atomic mass is 9.48. The summed E-state index contributed by atoms with van der Waals surface area (Å²) in [5, 5.41) is 32.0. The predicted octanol–water partition coefficient (Wildman–Crippen LogP) is 13.4. The summed E-state index contributed by atoms with van der Waals surface area (Å²) in [4.78, 5) is 34.0. The third kappa shape index (κ3) is 13.1. The molecule has 0 bridgehead atoms. The third-order valence-electron chi connectivity index (χ3n) is 31.5. The predicted molar refractivity (Wildman–Crippen MR) is 354 cm³/mol. The van der Waals surface area contributed by atoms with Crippen molar-refractivity contribution in [1.29, 1.82) is 0 Å². The van der Waals surface area contributed by atoms with Crippen molar-refractivity contribution in [3.63, 3.8) is 0 Å². The van der Waals surface area contributed by atoms with Gasteiger partial charge in [-0.2, -0.15) is 0 Å². The lowest BCUT2D eigenvalue weighted by Crippen LogP contribution is -2.52. The number of carbonyl (C=O) groups excluding carboxylic acids is 2. The highest BCUT2D eigenvalue weighted by molar-refractivity contribution is 5.84. The third-order valence-corrected chi connectivity index (χ3v) is 31.5. The van der Waals surface area contributed by atoms with E-state index in [9.17, 15) is 29.3 Å². The molecular formula is C78H128FN3O8. The lowest BCUT2D eigenvalue weighted by Gasteiger charge is -2.57. The average molecular weight is 1250 g/mol. The van der Waals surface area contributed by atoms with E-state index in [1.807, 2.05) is 0 Å². The van der Waals surface area contributed by atoms with Gasteiger partial charge in [0, 0.05) is 57.1 Å². The molecule has 0 aromatic rings. The maximum absolute atomic E-state index is 13.5. The van der Waals surface area contributed by atoms with E-state index >= 15 is 0 Å². The van der Waals surface area contributed by atoms with Crippen LogP contribution in [0.2, 0.25) is 0 Å². The molecule has 12 saturated carbocycles. The fraction of sp³-hybridized carbons (Fsp3) is 0.949. The summed E-state index contributed by atoms with van der Waals surface area (Å²) < 4.78 is 30.0. The Morgan fingerprint density at radius 2 is 0.867 bits per heavy atom. The molecule has 3 N–H and O–H groups in total. The number of aliphatic hydroxyl groups is 3. The van der Waals surface area contributed by atoms with E-state index in [1.165, 1.54) is 121 Å². The van der Waals surface area contributed by atoms with Gasteiger partial charge in [0.15, 0.2) is 0 Å². The fourth-order valence-electron chi connectivity index (χ4n) is 26.7. The molecule has 11 nitrogen and oxygen atoms in total. The van der Waals surface area contributed by atoms with Crippen molar-refractivity contribution in [2.45, 2.75) is 244 Å². The number of ether oxygens (including phenoxy) is 3. The minimum atomic E-state index is -1.02. The summed E-state index contributed by atoms with van der Waals surface area (Å²) in [6.45, 7) is 29.9. The zero-order valence-corrected chi connectivity index (χ0v) is 57.7. The molecular weight excluding hydrogens is 1130 g/mol. The van der Waals surface area contributed by atoms with Crippen molar-refractivity contribution in [2.75, 3.05) is 98.7 Å². The zero-order valence-electron chi connectivity index (χ0n) is 57.7. The fourth-order valence-corrected chi connectivity index (χ4v) is 26.7. The number of alkyl halides is 1. The van der Waals surface area contributed by atoms with Crippen molar-refractivity contribution >= 4 is 11.6 Å². The van der Waals surface area contributed by atoms with Gasteiger partial charge < -0.3 is 29.5 Å². The van der Waals surface area contributed by atoms with Crippen LogP contribution in [-0.4, -0.2) is 163 Å². The number of ketones is 2. The van der Waals surface area contributed by atoms with Gasteiger partial charge in [-0.3, -0.25) is 24.3 Å². The van der Waals surface area contributed by atoms with Crippen LogP contribution in [0.1, 0.15) is 221 Å². The standard InChI is InChI=1S/C26H42FNO2.2C26H43NO3/c1-18(16-28-11-13-30-14-12-28)23-5-6-24-22-4-3-19-15-26(29,17-27)10-8-20(19)21(22)7-9-25(23,24)2;1-17-16-30-13-12-27(17)15-24(28)23-7-6-22-21-5-4-18-14-25(2,29)10-8-19(18)20(21)9-11-26(22,23)3;1-3-26(29)11-9-19-18(16-26)4-5-21-20(19)8-10-25(2)22(21)6-7-23(25)24(28)17-27-12-14-30-15-13-27/h19-24,29H,1,3-17H2,2H3;17-23,29H,4-16H2,1-3H3;18-23,29H,3-17H2,1-2H3/t19-,20-,21+,22+,23+,24-,25+,26+;17-,18-,19+,20-,21-,22+,23-,25-,26+;18-,19-,20+,21+,22-,23+,25-,26+/m010/s1. The largest absolute Gasteiger partial charge is 0.390 e. The van der Waals surface area contributed by atoms with Crippen molar-refractivity contribution in [3.8, 4) is 0 Å². The van der Waals surface area contributed by atoms with E-state index in [4.69, 9.17) is 14.2 Å². The molecule has 0 amide bonds. The molecule has 3 heterocycles. The number of halogens is 1. The average Bonchev–Trinajstić information content (AvgIpc) is 1.46. The molecule has 0 unspecified atom stereocenters. The number of Topliss-reactive ketones (excluding diaryl/α,β-unsaturated/α-hetero) is 2. The Bertz CT molecular complexity index is 2380. The van der Waals surface area contributed by atoms with Crippen molar-refractivity contribution in [2.24, 2.45) is 123 Å². The van der Waals surface area contributed by atoms with Gasteiger partial charge in [0.05, 0.1) is 69.5 Å². The Morgan fingerprint density at radius 1 is 0.456 bits per heavy atom. The van der Waals surface area contributed by atoms with E-state index in [-0.39, 0.29) is 28.3 Å². The van der Waals surface area contributed by atoms with Crippen LogP contribution in [0.15, 0.2) is 12.2 Å². The zero-order chi connectivity index (χ0) is 63.0. The SMILES string of the molecule is C=C(CN1CCOCC1)[C@H]1CC[C@H]2[C@@H]3CC[C@H]4C[C@@](O)(CF)CC[C@@H]4[C@H]3CC[C@]12C.CC[C@@]1(O)CC[C@H]2[C@@H](CC[C@@H]3[C@@H]2CC[C@]2(C)[C@@H](C(=O)CN4CCOCC4)CC[C@@H]32)C1.C[C@@H]1COCCN1CC(=O)[C@H]1CC[C@H]2[C@@H]3CC[C@@H]4C[C@](C)(O)CC[C@@H]4[C@H]3CC[C@]12C. The maximum atomic E-state index is 13.5. The monoisotopic (exact) mass is 1250 g/mol. The molecule has 12 aliphatic carbocycles. The molecule has 15 aliphatic rings. The summed E-state index contributed by atoms with van der Waals surface area (Å²) in [5.41, 5.74) is 0.509. The van der Waals surface area contributed by atoms with Crippen LogP contribution >= 0.6 is 0 Å². The van der Waals surface area contributed by atoms with E-state index in [1.54, 1.807) is 0 Å². The molecule has 0 spiro atoms. The number of rotatable bonds is 11.